The fourth-order valence-electron chi connectivity index (χ4n) is 3.51. The van der Waals surface area contributed by atoms with Crippen LogP contribution in [0.1, 0.15) is 44.9 Å². The van der Waals surface area contributed by atoms with Gasteiger partial charge in [0, 0.05) is 25.7 Å². The van der Waals surface area contributed by atoms with Gasteiger partial charge in [0.15, 0.2) is 0 Å². The number of nitrogens with zero attached hydrogens (tertiary/aromatic N) is 1. The van der Waals surface area contributed by atoms with Gasteiger partial charge in [-0.05, 0) is 24.7 Å². The van der Waals surface area contributed by atoms with Crippen molar-refractivity contribution in [3.63, 3.8) is 0 Å². The quantitative estimate of drug-likeness (QED) is 0.492. The fraction of sp³-hybridized carbons (Fsp3) is 0.900. The first-order chi connectivity index (χ1) is 5.79. The maximum absolute atomic E-state index is 7.93. The van der Waals surface area contributed by atoms with Gasteiger partial charge in [0.1, 0.15) is 11.8 Å². The van der Waals surface area contributed by atoms with Crippen molar-refractivity contribution in [2.75, 3.05) is 0 Å². The maximum atomic E-state index is 7.93. The molecule has 3 aliphatic rings. The maximum Gasteiger partial charge on any atom is 0.148 e. The van der Waals surface area contributed by atoms with Crippen molar-refractivity contribution in [1.29, 1.82) is 0 Å². The summed E-state index contributed by atoms with van der Waals surface area (Å²) >= 11 is 0. The molecule has 0 aromatic heterocycles. The van der Waals surface area contributed by atoms with Gasteiger partial charge in [-0.2, -0.15) is 0 Å². The summed E-state index contributed by atoms with van der Waals surface area (Å²) < 4.78 is 1.85. The summed E-state index contributed by atoms with van der Waals surface area (Å²) in [6.07, 6.45) is 9.27. The molecule has 2 aliphatic carbocycles. The molecule has 0 amide bonds. The van der Waals surface area contributed by atoms with E-state index in [1.165, 1.54) is 50.7 Å². The van der Waals surface area contributed by atoms with Gasteiger partial charge in [0.25, 0.3) is 0 Å². The number of rotatable bonds is 0. The van der Waals surface area contributed by atoms with Crippen molar-refractivity contribution in [3.05, 3.63) is 5.84 Å². The van der Waals surface area contributed by atoms with Crippen LogP contribution in [0, 0.1) is 5.41 Å². The molecule has 3 rings (SSSR count). The smallest absolute Gasteiger partial charge is 0.148 e. The first kappa shape index (κ1) is 6.93. The summed E-state index contributed by atoms with van der Waals surface area (Å²) in [6, 6.07) is 0.588. The minimum Gasteiger partial charge on any atom is -0.454 e. The topological polar surface area (TPSA) is 26.8 Å². The normalized spacial score (nSPS) is 45.2. The number of fused-ring (bicyclic) bond motifs is 2. The van der Waals surface area contributed by atoms with E-state index in [9.17, 15) is 0 Å². The van der Waals surface area contributed by atoms with E-state index in [1.807, 2.05) is 4.68 Å². The zero-order valence-electron chi connectivity index (χ0n) is 7.47. The zero-order valence-corrected chi connectivity index (χ0v) is 7.47. The predicted molar refractivity (Wildman–Crippen MR) is 48.1 cm³/mol. The Morgan fingerprint density at radius 1 is 1.42 bits per heavy atom. The van der Waals surface area contributed by atoms with E-state index in [1.54, 1.807) is 0 Å². The summed E-state index contributed by atoms with van der Waals surface area (Å²) in [7, 11) is 0. The lowest BCUT2D eigenvalue weighted by Gasteiger charge is -2.39. The van der Waals surface area contributed by atoms with Crippen LogP contribution < -0.4 is 0 Å². The van der Waals surface area contributed by atoms with Crippen molar-refractivity contribution < 1.29 is 4.68 Å². The van der Waals surface area contributed by atoms with Crippen molar-refractivity contribution >= 4 is 5.71 Å². The van der Waals surface area contributed by atoms with Crippen molar-refractivity contribution in [3.8, 4) is 0 Å². The summed E-state index contributed by atoms with van der Waals surface area (Å²) in [4.78, 5) is 0. The van der Waals surface area contributed by atoms with E-state index < -0.39 is 0 Å². The lowest BCUT2D eigenvalue weighted by atomic mass is 9.70. The first-order valence-electron chi connectivity index (χ1n) is 5.14. The molecule has 2 heteroatoms. The highest BCUT2D eigenvalue weighted by atomic mass is 15.3. The summed E-state index contributed by atoms with van der Waals surface area (Å²) in [5, 5.41) is 0. The van der Waals surface area contributed by atoms with Gasteiger partial charge in [0.2, 0.25) is 0 Å². The van der Waals surface area contributed by atoms with E-state index in [2.05, 4.69) is 0 Å². The molecule has 3 bridgehead atoms. The van der Waals surface area contributed by atoms with E-state index in [4.69, 9.17) is 5.84 Å². The van der Waals surface area contributed by atoms with Gasteiger partial charge in [-0.15, -0.1) is 0 Å². The molecular weight excluding hydrogens is 148 g/mol. The van der Waals surface area contributed by atoms with E-state index in [0.717, 1.165) is 0 Å². The molecule has 1 spiro atoms. The van der Waals surface area contributed by atoms with E-state index >= 15 is 0 Å². The van der Waals surface area contributed by atoms with Crippen molar-refractivity contribution in [2.45, 2.75) is 51.0 Å². The van der Waals surface area contributed by atoms with Crippen LogP contribution in [0.15, 0.2) is 0 Å². The van der Waals surface area contributed by atoms with Gasteiger partial charge in [-0.3, -0.25) is 4.68 Å². The van der Waals surface area contributed by atoms with Gasteiger partial charge < -0.3 is 5.84 Å². The molecule has 0 aromatic carbocycles. The van der Waals surface area contributed by atoms with Gasteiger partial charge in [0.05, 0.1) is 0 Å². The number of hydrogen-bond donors (Lipinski definition) is 0. The molecule has 2 unspecified atom stereocenters. The van der Waals surface area contributed by atoms with Gasteiger partial charge >= 0.3 is 0 Å². The molecule has 0 saturated heterocycles. The van der Waals surface area contributed by atoms with Crippen LogP contribution in [-0.2, 0) is 0 Å². The molecule has 0 aromatic rings. The molecule has 2 fully saturated rings. The minimum absolute atomic E-state index is 0.588. The lowest BCUT2D eigenvalue weighted by molar-refractivity contribution is -0.516. The third kappa shape index (κ3) is 0.732. The summed E-state index contributed by atoms with van der Waals surface area (Å²) in [5.74, 6) is 7.93. The standard InChI is InChI=1S/C10H16N2/c11-12-8-2-1-4-10(6-8)5-3-9(12)7-10/h8,11H,1-7H2. The van der Waals surface area contributed by atoms with E-state index in [-0.39, 0.29) is 0 Å². The van der Waals surface area contributed by atoms with E-state index in [0.29, 0.717) is 11.5 Å². The zero-order chi connectivity index (χ0) is 8.18. The van der Waals surface area contributed by atoms with Crippen molar-refractivity contribution in [1.82, 2.24) is 0 Å². The largest absolute Gasteiger partial charge is 0.454 e. The third-order valence-electron chi connectivity index (χ3n) is 4.14. The molecule has 12 heavy (non-hydrogen) atoms. The minimum atomic E-state index is 0.588. The Kier molecular flexibility index (Phi) is 1.18. The molecular formula is C10H16N2. The van der Waals surface area contributed by atoms with Crippen LogP contribution in [-0.4, -0.2) is 16.4 Å². The van der Waals surface area contributed by atoms with Gasteiger partial charge in [-0.25, -0.2) is 0 Å². The van der Waals surface area contributed by atoms with Crippen LogP contribution in [0.25, 0.3) is 5.84 Å². The molecule has 2 atom stereocenters. The predicted octanol–water partition coefficient (Wildman–Crippen LogP) is 2.53. The average Bonchev–Trinajstić information content (AvgIpc) is 2.44. The highest BCUT2D eigenvalue weighted by molar-refractivity contribution is 5.83. The Morgan fingerprint density at radius 2 is 2.33 bits per heavy atom. The second-order valence-corrected chi connectivity index (χ2v) is 4.86. The summed E-state index contributed by atoms with van der Waals surface area (Å²) in [5.41, 5.74) is 2.11. The molecule has 1 heterocycles. The highest BCUT2D eigenvalue weighted by Gasteiger charge is 2.49. The van der Waals surface area contributed by atoms with Crippen molar-refractivity contribution in [2.24, 2.45) is 5.41 Å². The Labute approximate surface area is 73.4 Å². The second kappa shape index (κ2) is 2.04. The van der Waals surface area contributed by atoms with Crippen LogP contribution in [0.2, 0.25) is 0 Å². The Bertz CT molecular complexity index is 257. The van der Waals surface area contributed by atoms with Crippen LogP contribution in [0.5, 0.6) is 0 Å². The molecule has 66 valence electrons. The Balaban J connectivity index is 2.07. The lowest BCUT2D eigenvalue weighted by Crippen LogP contribution is -2.39. The molecule has 1 N–H and O–H groups in total. The fourth-order valence-corrected chi connectivity index (χ4v) is 3.51. The Hall–Kier alpha value is -0.530. The molecule has 0 radical (unpaired) electrons. The van der Waals surface area contributed by atoms with Crippen LogP contribution in [0.3, 0.4) is 0 Å². The molecule has 1 aliphatic heterocycles. The molecule has 2 saturated carbocycles. The average molecular weight is 164 g/mol. The Morgan fingerprint density at radius 3 is 3.25 bits per heavy atom. The monoisotopic (exact) mass is 164 g/mol. The highest BCUT2D eigenvalue weighted by Crippen LogP contribution is 2.51. The van der Waals surface area contributed by atoms with Crippen LogP contribution in [0.4, 0.5) is 0 Å². The summed E-state index contributed by atoms with van der Waals surface area (Å²) in [6.45, 7) is 0. The van der Waals surface area contributed by atoms with Crippen LogP contribution >= 0.6 is 0 Å². The van der Waals surface area contributed by atoms with Gasteiger partial charge in [-0.1, -0.05) is 0 Å². The number of hydrogen-bond acceptors (Lipinski definition) is 0. The number of nitrogens with one attached hydrogen (secondary N) is 1. The SMILES string of the molecule is [NH-][N+]1=C2CCC3(CCCC1C3)C2. The molecule has 2 nitrogen and oxygen atoms in total. The third-order valence-corrected chi connectivity index (χ3v) is 4.14. The second-order valence-electron chi connectivity index (χ2n) is 4.86. The first-order valence-corrected chi connectivity index (χ1v) is 5.14.